The van der Waals surface area contributed by atoms with E-state index in [-0.39, 0.29) is 0 Å². The Hall–Kier alpha value is -7.10. The van der Waals surface area contributed by atoms with E-state index in [1.807, 2.05) is 36.4 Å². The van der Waals surface area contributed by atoms with E-state index in [4.69, 9.17) is 14.4 Å². The average molecular weight is 677 g/mol. The number of rotatable bonds is 6. The molecule has 3 heteroatoms. The number of hydrogen-bond donors (Lipinski definition) is 0. The SMILES string of the molecule is c1ccc(-c2nc(-c3ccc(-c4ccc(-c5cccc6oc7ccccc7c56)cc4)cc3)cc(-c3ccc(-c4ccc5ccccc5c4)cc3)n2)cc1. The molecule has 2 aromatic heterocycles. The van der Waals surface area contributed by atoms with Crippen molar-refractivity contribution in [3.63, 3.8) is 0 Å². The van der Waals surface area contributed by atoms with E-state index >= 15 is 0 Å². The van der Waals surface area contributed by atoms with Gasteiger partial charge in [-0.2, -0.15) is 0 Å². The van der Waals surface area contributed by atoms with E-state index in [2.05, 4.69) is 158 Å². The van der Waals surface area contributed by atoms with Crippen LogP contribution in [0.25, 0.3) is 100.0 Å². The lowest BCUT2D eigenvalue weighted by atomic mass is 9.96. The fourth-order valence-corrected chi connectivity index (χ4v) is 7.35. The van der Waals surface area contributed by atoms with Gasteiger partial charge in [-0.25, -0.2) is 9.97 Å². The molecule has 0 amide bonds. The van der Waals surface area contributed by atoms with Crippen LogP contribution in [0, 0.1) is 0 Å². The standard InChI is InChI=1S/C50H32N2O/c1-2-10-40(11-3-1)50-51-45(32-46(52-50)39-28-21-36(22-29-39)42-30-23-33-9-4-5-12-41(33)31-42)38-26-19-35(20-27-38)34-17-24-37(25-18-34)43-14-8-16-48-49(43)44-13-6-7-15-47(44)53-48/h1-32H. The van der Waals surface area contributed by atoms with Gasteiger partial charge in [-0.3, -0.25) is 0 Å². The molecule has 8 aromatic carbocycles. The second-order valence-corrected chi connectivity index (χ2v) is 13.4. The van der Waals surface area contributed by atoms with E-state index < -0.39 is 0 Å². The summed E-state index contributed by atoms with van der Waals surface area (Å²) in [6.07, 6.45) is 0. The number of fused-ring (bicyclic) bond motifs is 4. The monoisotopic (exact) mass is 676 g/mol. The van der Waals surface area contributed by atoms with Crippen molar-refractivity contribution in [1.29, 1.82) is 0 Å². The van der Waals surface area contributed by atoms with Crippen molar-refractivity contribution in [3.05, 3.63) is 194 Å². The quantitative estimate of drug-likeness (QED) is 0.176. The zero-order valence-electron chi connectivity index (χ0n) is 28.8. The van der Waals surface area contributed by atoms with Gasteiger partial charge in [-0.1, -0.05) is 170 Å². The van der Waals surface area contributed by atoms with Crippen LogP contribution in [0.15, 0.2) is 199 Å². The molecule has 0 saturated carbocycles. The normalized spacial score (nSPS) is 11.4. The van der Waals surface area contributed by atoms with Crippen molar-refractivity contribution in [2.45, 2.75) is 0 Å². The first-order valence-electron chi connectivity index (χ1n) is 17.9. The van der Waals surface area contributed by atoms with Gasteiger partial charge in [0.05, 0.1) is 11.4 Å². The highest BCUT2D eigenvalue weighted by Gasteiger charge is 2.14. The average Bonchev–Trinajstić information content (AvgIpc) is 3.63. The van der Waals surface area contributed by atoms with E-state index in [0.29, 0.717) is 5.82 Å². The molecule has 0 atom stereocenters. The van der Waals surface area contributed by atoms with Crippen LogP contribution in [0.3, 0.4) is 0 Å². The van der Waals surface area contributed by atoms with Gasteiger partial charge in [-0.15, -0.1) is 0 Å². The van der Waals surface area contributed by atoms with Gasteiger partial charge in [0.25, 0.3) is 0 Å². The third kappa shape index (κ3) is 5.75. The van der Waals surface area contributed by atoms with Gasteiger partial charge in [0.1, 0.15) is 11.2 Å². The molecule has 3 nitrogen and oxygen atoms in total. The lowest BCUT2D eigenvalue weighted by molar-refractivity contribution is 0.669. The zero-order chi connectivity index (χ0) is 35.1. The molecule has 0 fully saturated rings. The van der Waals surface area contributed by atoms with Crippen LogP contribution in [0.1, 0.15) is 0 Å². The molecule has 10 aromatic rings. The van der Waals surface area contributed by atoms with Crippen LogP contribution in [-0.4, -0.2) is 9.97 Å². The predicted octanol–water partition coefficient (Wildman–Crippen LogP) is 13.5. The van der Waals surface area contributed by atoms with Crippen molar-refractivity contribution in [2.24, 2.45) is 0 Å². The summed E-state index contributed by atoms with van der Waals surface area (Å²) >= 11 is 0. The molecule has 2 heterocycles. The number of aromatic nitrogens is 2. The maximum absolute atomic E-state index is 6.14. The summed E-state index contributed by atoms with van der Waals surface area (Å²) in [5.41, 5.74) is 13.7. The molecule has 0 aliphatic heterocycles. The number of furan rings is 1. The van der Waals surface area contributed by atoms with Crippen molar-refractivity contribution in [3.8, 4) is 67.3 Å². The molecule has 0 N–H and O–H groups in total. The summed E-state index contributed by atoms with van der Waals surface area (Å²) in [6.45, 7) is 0. The Morgan fingerprint density at radius 1 is 0.321 bits per heavy atom. The van der Waals surface area contributed by atoms with Crippen molar-refractivity contribution >= 4 is 32.7 Å². The van der Waals surface area contributed by atoms with Gasteiger partial charge >= 0.3 is 0 Å². The smallest absolute Gasteiger partial charge is 0.160 e. The van der Waals surface area contributed by atoms with Crippen molar-refractivity contribution in [2.75, 3.05) is 0 Å². The van der Waals surface area contributed by atoms with Gasteiger partial charge in [0.15, 0.2) is 5.82 Å². The fraction of sp³-hybridized carbons (Fsp3) is 0. The third-order valence-corrected chi connectivity index (χ3v) is 10.1. The first kappa shape index (κ1) is 30.7. The lowest BCUT2D eigenvalue weighted by Crippen LogP contribution is -1.96. The molecule has 0 aliphatic carbocycles. The summed E-state index contributed by atoms with van der Waals surface area (Å²) in [4.78, 5) is 10.1. The van der Waals surface area contributed by atoms with Gasteiger partial charge in [0.2, 0.25) is 0 Å². The minimum absolute atomic E-state index is 0.705. The molecular formula is C50H32N2O. The van der Waals surface area contributed by atoms with Crippen molar-refractivity contribution in [1.82, 2.24) is 9.97 Å². The molecule has 248 valence electrons. The van der Waals surface area contributed by atoms with Crippen LogP contribution in [0.5, 0.6) is 0 Å². The molecule has 53 heavy (non-hydrogen) atoms. The second-order valence-electron chi connectivity index (χ2n) is 13.4. The highest BCUT2D eigenvalue weighted by Crippen LogP contribution is 2.37. The summed E-state index contributed by atoms with van der Waals surface area (Å²) in [7, 11) is 0. The Labute approximate surface area is 307 Å². The summed E-state index contributed by atoms with van der Waals surface area (Å²) in [6, 6.07) is 68.1. The largest absolute Gasteiger partial charge is 0.456 e. The molecule has 10 rings (SSSR count). The topological polar surface area (TPSA) is 38.9 Å². The maximum atomic E-state index is 6.14. The molecule has 0 radical (unpaired) electrons. The Kier molecular flexibility index (Phi) is 7.47. The van der Waals surface area contributed by atoms with Crippen LogP contribution in [0.2, 0.25) is 0 Å². The number of benzene rings is 8. The van der Waals surface area contributed by atoms with E-state index in [1.54, 1.807) is 0 Å². The van der Waals surface area contributed by atoms with Gasteiger partial charge < -0.3 is 4.42 Å². The Balaban J connectivity index is 0.966. The zero-order valence-corrected chi connectivity index (χ0v) is 28.8. The Morgan fingerprint density at radius 3 is 1.55 bits per heavy atom. The highest BCUT2D eigenvalue weighted by molar-refractivity contribution is 6.12. The summed E-state index contributed by atoms with van der Waals surface area (Å²) < 4.78 is 6.14. The van der Waals surface area contributed by atoms with Crippen molar-refractivity contribution < 1.29 is 4.42 Å². The lowest BCUT2D eigenvalue weighted by Gasteiger charge is -2.11. The first-order chi connectivity index (χ1) is 26.2. The molecule has 0 aliphatic rings. The molecule has 0 unspecified atom stereocenters. The third-order valence-electron chi connectivity index (χ3n) is 10.1. The highest BCUT2D eigenvalue weighted by atomic mass is 16.3. The van der Waals surface area contributed by atoms with Gasteiger partial charge in [0, 0.05) is 27.5 Å². The molecule has 0 saturated heterocycles. The van der Waals surface area contributed by atoms with Gasteiger partial charge in [-0.05, 0) is 68.4 Å². The minimum atomic E-state index is 0.705. The second kappa shape index (κ2) is 12.9. The number of para-hydroxylation sites is 1. The summed E-state index contributed by atoms with van der Waals surface area (Å²) in [5.74, 6) is 0.705. The minimum Gasteiger partial charge on any atom is -0.456 e. The number of nitrogens with zero attached hydrogens (tertiary/aromatic N) is 2. The van der Waals surface area contributed by atoms with E-state index in [9.17, 15) is 0 Å². The number of hydrogen-bond acceptors (Lipinski definition) is 3. The predicted molar refractivity (Wildman–Crippen MR) is 219 cm³/mol. The molecule has 0 spiro atoms. The molecular weight excluding hydrogens is 645 g/mol. The Bertz CT molecular complexity index is 2910. The van der Waals surface area contributed by atoms with Crippen LogP contribution in [0.4, 0.5) is 0 Å². The van der Waals surface area contributed by atoms with E-state index in [1.165, 1.54) is 27.5 Å². The maximum Gasteiger partial charge on any atom is 0.160 e. The fourth-order valence-electron chi connectivity index (χ4n) is 7.35. The van der Waals surface area contributed by atoms with Crippen LogP contribution in [-0.2, 0) is 0 Å². The summed E-state index contributed by atoms with van der Waals surface area (Å²) in [5, 5.41) is 4.77. The van der Waals surface area contributed by atoms with Crippen LogP contribution < -0.4 is 0 Å². The van der Waals surface area contributed by atoms with Crippen LogP contribution >= 0.6 is 0 Å². The Morgan fingerprint density at radius 2 is 0.849 bits per heavy atom. The van der Waals surface area contributed by atoms with E-state index in [0.717, 1.165) is 66.7 Å². The first-order valence-corrected chi connectivity index (χ1v) is 17.9. The molecule has 0 bridgehead atoms.